The summed E-state index contributed by atoms with van der Waals surface area (Å²) in [6, 6.07) is 0. The predicted octanol–water partition coefficient (Wildman–Crippen LogP) is 1.54. The molecule has 0 radical (unpaired) electrons. The van der Waals surface area contributed by atoms with Crippen LogP contribution in [0.25, 0.3) is 0 Å². The molecule has 1 rings (SSSR count). The van der Waals surface area contributed by atoms with Crippen molar-refractivity contribution < 1.29 is 26.7 Å². The van der Waals surface area contributed by atoms with E-state index in [0.717, 1.165) is 0 Å². The Morgan fingerprint density at radius 3 is 1.56 bits per heavy atom. The van der Waals surface area contributed by atoms with Crippen molar-refractivity contribution >= 4 is 0 Å². The maximum atomic E-state index is 11.5. The number of alkyl halides is 5. The second-order valence-electron chi connectivity index (χ2n) is 1.57. The monoisotopic (exact) mass is 148 g/mol. The third-order valence-corrected chi connectivity index (χ3v) is 0.925. The van der Waals surface area contributed by atoms with Crippen molar-refractivity contribution in [1.29, 1.82) is 0 Å². The summed E-state index contributed by atoms with van der Waals surface area (Å²) in [6.45, 7) is 0. The van der Waals surface area contributed by atoms with E-state index in [0.29, 0.717) is 0 Å². The first-order valence-corrected chi connectivity index (χ1v) is 1.95. The molecule has 1 unspecified atom stereocenters. The standard InChI is InChI=1S/C3HF5O/c4-1-2(5,6)3(7,8)9-1/h1H. The van der Waals surface area contributed by atoms with Crippen LogP contribution in [0.5, 0.6) is 0 Å². The summed E-state index contributed by atoms with van der Waals surface area (Å²) >= 11 is 0. The van der Waals surface area contributed by atoms with Gasteiger partial charge < -0.3 is 0 Å². The zero-order chi connectivity index (χ0) is 7.28. The van der Waals surface area contributed by atoms with Crippen LogP contribution in [0, 0.1) is 0 Å². The molecule has 0 aliphatic carbocycles. The summed E-state index contributed by atoms with van der Waals surface area (Å²) in [5, 5.41) is 0. The lowest BCUT2D eigenvalue weighted by molar-refractivity contribution is -0.502. The highest BCUT2D eigenvalue weighted by Crippen LogP contribution is 2.49. The van der Waals surface area contributed by atoms with Gasteiger partial charge >= 0.3 is 12.0 Å². The Balaban J connectivity index is 2.70. The molecule has 1 aliphatic rings. The number of hydrogen-bond donors (Lipinski definition) is 0. The Labute approximate surface area is 46.4 Å². The van der Waals surface area contributed by atoms with Crippen molar-refractivity contribution in [3.8, 4) is 0 Å². The van der Waals surface area contributed by atoms with Crippen molar-refractivity contribution in [2.24, 2.45) is 0 Å². The van der Waals surface area contributed by atoms with Gasteiger partial charge in [-0.15, -0.1) is 0 Å². The Morgan fingerprint density at radius 2 is 1.56 bits per heavy atom. The van der Waals surface area contributed by atoms with Gasteiger partial charge in [-0.25, -0.2) is 4.39 Å². The van der Waals surface area contributed by atoms with Crippen LogP contribution in [-0.2, 0) is 4.74 Å². The van der Waals surface area contributed by atoms with Crippen molar-refractivity contribution in [2.45, 2.75) is 18.4 Å². The third kappa shape index (κ3) is 0.623. The van der Waals surface area contributed by atoms with Gasteiger partial charge in [0, 0.05) is 0 Å². The van der Waals surface area contributed by atoms with Gasteiger partial charge in [0.2, 0.25) is 0 Å². The lowest BCUT2D eigenvalue weighted by Crippen LogP contribution is -2.62. The molecule has 1 aliphatic heterocycles. The molecule has 0 aromatic carbocycles. The fourth-order valence-electron chi connectivity index (χ4n) is 0.357. The van der Waals surface area contributed by atoms with Crippen LogP contribution in [0.2, 0.25) is 0 Å². The van der Waals surface area contributed by atoms with Crippen LogP contribution < -0.4 is 0 Å². The fourth-order valence-corrected chi connectivity index (χ4v) is 0.357. The molecule has 1 atom stereocenters. The molecule has 0 aromatic rings. The first kappa shape index (κ1) is 6.73. The van der Waals surface area contributed by atoms with Crippen molar-refractivity contribution in [3.05, 3.63) is 0 Å². The van der Waals surface area contributed by atoms with E-state index >= 15 is 0 Å². The van der Waals surface area contributed by atoms with E-state index in [1.54, 1.807) is 0 Å². The maximum absolute atomic E-state index is 11.5. The number of ether oxygens (including phenoxy) is 1. The zero-order valence-electron chi connectivity index (χ0n) is 3.88. The zero-order valence-corrected chi connectivity index (χ0v) is 3.88. The number of hydrogen-bond acceptors (Lipinski definition) is 1. The summed E-state index contributed by atoms with van der Waals surface area (Å²) < 4.78 is 59.8. The molecule has 54 valence electrons. The molecule has 1 saturated heterocycles. The summed E-state index contributed by atoms with van der Waals surface area (Å²) in [6.07, 6.45) is -7.78. The topological polar surface area (TPSA) is 9.23 Å². The molecule has 9 heavy (non-hydrogen) atoms. The van der Waals surface area contributed by atoms with Crippen LogP contribution in [0.3, 0.4) is 0 Å². The first-order chi connectivity index (χ1) is 3.88. The first-order valence-electron chi connectivity index (χ1n) is 1.95. The molecule has 0 bridgehead atoms. The van der Waals surface area contributed by atoms with E-state index in [1.807, 2.05) is 0 Å². The van der Waals surface area contributed by atoms with Crippen LogP contribution in [0.1, 0.15) is 0 Å². The quantitative estimate of drug-likeness (QED) is 0.473. The Bertz CT molecular complexity index is 132. The molecule has 1 heterocycles. The summed E-state index contributed by atoms with van der Waals surface area (Å²) in [7, 11) is 0. The van der Waals surface area contributed by atoms with Crippen molar-refractivity contribution in [1.82, 2.24) is 0 Å². The average Bonchev–Trinajstić information content (AvgIpc) is 1.65. The van der Waals surface area contributed by atoms with E-state index in [2.05, 4.69) is 4.74 Å². The van der Waals surface area contributed by atoms with E-state index in [4.69, 9.17) is 0 Å². The van der Waals surface area contributed by atoms with Crippen LogP contribution in [-0.4, -0.2) is 18.4 Å². The van der Waals surface area contributed by atoms with Gasteiger partial charge in [0.05, 0.1) is 0 Å². The summed E-state index contributed by atoms with van der Waals surface area (Å²) in [5.41, 5.74) is 0. The SMILES string of the molecule is FC1OC(F)(F)C1(F)F. The lowest BCUT2D eigenvalue weighted by atomic mass is 10.2. The Hall–Kier alpha value is -0.390. The number of rotatable bonds is 0. The molecular formula is C3HF5O. The minimum absolute atomic E-state index is 2.79. The molecule has 1 nitrogen and oxygen atoms in total. The molecular weight excluding hydrogens is 147 g/mol. The second-order valence-corrected chi connectivity index (χ2v) is 1.57. The van der Waals surface area contributed by atoms with Crippen molar-refractivity contribution in [2.75, 3.05) is 0 Å². The fraction of sp³-hybridized carbons (Fsp3) is 1.00. The highest BCUT2D eigenvalue weighted by molar-refractivity contribution is 4.89. The van der Waals surface area contributed by atoms with E-state index in [-0.39, 0.29) is 0 Å². The van der Waals surface area contributed by atoms with Gasteiger partial charge in [0.15, 0.2) is 0 Å². The Kier molecular flexibility index (Phi) is 1.02. The Morgan fingerprint density at radius 1 is 1.11 bits per heavy atom. The maximum Gasteiger partial charge on any atom is 0.427 e. The highest BCUT2D eigenvalue weighted by atomic mass is 19.3. The third-order valence-electron chi connectivity index (χ3n) is 0.925. The summed E-state index contributed by atoms with van der Waals surface area (Å²) in [4.78, 5) is 0. The smallest absolute Gasteiger partial charge is 0.274 e. The highest BCUT2D eigenvalue weighted by Gasteiger charge is 2.75. The van der Waals surface area contributed by atoms with Gasteiger partial charge in [-0.05, 0) is 0 Å². The van der Waals surface area contributed by atoms with Crippen LogP contribution in [0.4, 0.5) is 22.0 Å². The molecule has 0 spiro atoms. The van der Waals surface area contributed by atoms with Crippen LogP contribution in [0.15, 0.2) is 0 Å². The van der Waals surface area contributed by atoms with Crippen LogP contribution >= 0.6 is 0 Å². The van der Waals surface area contributed by atoms with E-state index < -0.39 is 18.4 Å². The van der Waals surface area contributed by atoms with Gasteiger partial charge in [-0.1, -0.05) is 0 Å². The molecule has 0 saturated carbocycles. The van der Waals surface area contributed by atoms with Gasteiger partial charge in [0.1, 0.15) is 0 Å². The molecule has 6 heteroatoms. The molecule has 1 fully saturated rings. The average molecular weight is 148 g/mol. The predicted molar refractivity (Wildman–Crippen MR) is 15.9 cm³/mol. The lowest BCUT2D eigenvalue weighted by Gasteiger charge is -2.37. The second kappa shape index (κ2) is 1.36. The van der Waals surface area contributed by atoms with E-state index in [9.17, 15) is 22.0 Å². The van der Waals surface area contributed by atoms with Gasteiger partial charge in [0.25, 0.3) is 6.36 Å². The van der Waals surface area contributed by atoms with Gasteiger partial charge in [-0.3, -0.25) is 4.74 Å². The minimum Gasteiger partial charge on any atom is -0.274 e. The number of halogens is 5. The minimum atomic E-state index is -4.65. The van der Waals surface area contributed by atoms with Crippen molar-refractivity contribution in [3.63, 3.8) is 0 Å². The molecule has 0 amide bonds. The summed E-state index contributed by atoms with van der Waals surface area (Å²) in [5.74, 6) is -4.65. The van der Waals surface area contributed by atoms with E-state index in [1.165, 1.54) is 0 Å². The normalized spacial score (nSPS) is 37.7. The molecule has 0 aromatic heterocycles. The molecule has 0 N–H and O–H groups in total. The van der Waals surface area contributed by atoms with Gasteiger partial charge in [-0.2, -0.15) is 17.6 Å². The largest absolute Gasteiger partial charge is 0.427 e.